The third-order valence-electron chi connectivity index (χ3n) is 3.53. The zero-order chi connectivity index (χ0) is 17.1. The molecule has 7 nitrogen and oxygen atoms in total. The number of aromatic nitrogens is 1. The van der Waals surface area contributed by atoms with Crippen LogP contribution in [0.4, 0.5) is 5.69 Å². The van der Waals surface area contributed by atoms with Gasteiger partial charge in [-0.3, -0.25) is 24.8 Å². The van der Waals surface area contributed by atoms with Gasteiger partial charge in [-0.25, -0.2) is 10.3 Å². The molecule has 0 unspecified atom stereocenters. The van der Waals surface area contributed by atoms with Crippen LogP contribution in [-0.2, 0) is 9.59 Å². The highest BCUT2D eigenvalue weighted by Crippen LogP contribution is 2.24. The highest BCUT2D eigenvalue weighted by atomic mass is 79.9. The normalized spacial score (nSPS) is 17.2. The summed E-state index contributed by atoms with van der Waals surface area (Å²) in [6.07, 6.45) is 2.97. The zero-order valence-electron chi connectivity index (χ0n) is 12.4. The number of nitrogens with one attached hydrogen (secondary N) is 2. The Kier molecular flexibility index (Phi) is 4.68. The van der Waals surface area contributed by atoms with Gasteiger partial charge in [0.25, 0.3) is 11.8 Å². The summed E-state index contributed by atoms with van der Waals surface area (Å²) in [5.74, 6) is -1.13. The molecule has 0 bridgehead atoms. The van der Waals surface area contributed by atoms with E-state index in [1.807, 2.05) is 0 Å². The lowest BCUT2D eigenvalue weighted by Crippen LogP contribution is -2.48. The van der Waals surface area contributed by atoms with E-state index < -0.39 is 17.9 Å². The summed E-state index contributed by atoms with van der Waals surface area (Å²) in [5, 5.41) is 0. The van der Waals surface area contributed by atoms with E-state index in [1.165, 1.54) is 12.4 Å². The Morgan fingerprint density at radius 2 is 1.79 bits per heavy atom. The quantitative estimate of drug-likeness (QED) is 0.610. The largest absolute Gasteiger partial charge is 0.287 e. The van der Waals surface area contributed by atoms with Crippen molar-refractivity contribution in [2.45, 2.75) is 12.5 Å². The van der Waals surface area contributed by atoms with E-state index in [0.29, 0.717) is 11.3 Å². The molecule has 3 amide bonds. The van der Waals surface area contributed by atoms with E-state index in [2.05, 4.69) is 31.8 Å². The van der Waals surface area contributed by atoms with Crippen LogP contribution in [0.1, 0.15) is 16.8 Å². The van der Waals surface area contributed by atoms with E-state index in [1.54, 1.807) is 36.4 Å². The maximum absolute atomic E-state index is 12.4. The van der Waals surface area contributed by atoms with E-state index in [4.69, 9.17) is 0 Å². The number of amides is 3. The second-order valence-corrected chi connectivity index (χ2v) is 6.05. The number of carbonyl (C=O) groups is 3. The Morgan fingerprint density at radius 1 is 1.12 bits per heavy atom. The van der Waals surface area contributed by atoms with Gasteiger partial charge < -0.3 is 0 Å². The van der Waals surface area contributed by atoms with E-state index in [-0.39, 0.29) is 12.3 Å². The molecule has 8 heteroatoms. The van der Waals surface area contributed by atoms with Crippen molar-refractivity contribution >= 4 is 39.3 Å². The van der Waals surface area contributed by atoms with Crippen LogP contribution in [0.2, 0.25) is 0 Å². The molecule has 0 aliphatic carbocycles. The van der Waals surface area contributed by atoms with Crippen LogP contribution >= 0.6 is 15.9 Å². The second-order valence-electron chi connectivity index (χ2n) is 5.13. The number of carbonyl (C=O) groups excluding carboxylic acids is 3. The van der Waals surface area contributed by atoms with Gasteiger partial charge in [0.15, 0.2) is 0 Å². The molecule has 3 rings (SSSR count). The molecule has 1 saturated heterocycles. The molecule has 1 fully saturated rings. The van der Waals surface area contributed by atoms with Gasteiger partial charge in [0.2, 0.25) is 5.91 Å². The van der Waals surface area contributed by atoms with E-state index >= 15 is 0 Å². The van der Waals surface area contributed by atoms with Gasteiger partial charge in [-0.05, 0) is 36.4 Å². The Hall–Kier alpha value is -2.58. The number of anilines is 1. The van der Waals surface area contributed by atoms with Gasteiger partial charge in [-0.2, -0.15) is 0 Å². The standard InChI is InChI=1S/C16H13BrN4O3/c17-11-1-3-12(4-2-11)21-14(22)9-13(16(21)24)19-20-15(23)10-5-7-18-8-6-10/h1-8,13,19H,9H2,(H,20,23)/t13-/m0/s1. The fourth-order valence-corrected chi connectivity index (χ4v) is 2.60. The van der Waals surface area contributed by atoms with Gasteiger partial charge in [0, 0.05) is 22.4 Å². The summed E-state index contributed by atoms with van der Waals surface area (Å²) in [6, 6.07) is 9.16. The molecule has 0 saturated carbocycles. The van der Waals surface area contributed by atoms with Gasteiger partial charge in [-0.1, -0.05) is 15.9 Å². The summed E-state index contributed by atoms with van der Waals surface area (Å²) in [6.45, 7) is 0. The molecule has 0 spiro atoms. The maximum Gasteiger partial charge on any atom is 0.265 e. The van der Waals surface area contributed by atoms with E-state index in [0.717, 1.165) is 9.37 Å². The molecule has 2 N–H and O–H groups in total. The lowest BCUT2D eigenvalue weighted by atomic mass is 10.2. The molecule has 24 heavy (non-hydrogen) atoms. The minimum Gasteiger partial charge on any atom is -0.287 e. The number of benzene rings is 1. The third-order valence-corrected chi connectivity index (χ3v) is 4.06. The molecule has 1 aliphatic rings. The first-order valence-corrected chi connectivity index (χ1v) is 7.94. The van der Waals surface area contributed by atoms with Gasteiger partial charge in [0.05, 0.1) is 12.1 Å². The number of nitrogens with zero attached hydrogens (tertiary/aromatic N) is 2. The zero-order valence-corrected chi connectivity index (χ0v) is 14.0. The number of rotatable bonds is 4. The molecule has 2 aromatic rings. The molecule has 1 aromatic heterocycles. The van der Waals surface area contributed by atoms with Crippen LogP contribution in [0.3, 0.4) is 0 Å². The van der Waals surface area contributed by atoms with Crippen molar-refractivity contribution < 1.29 is 14.4 Å². The van der Waals surface area contributed by atoms with Gasteiger partial charge >= 0.3 is 0 Å². The lowest BCUT2D eigenvalue weighted by Gasteiger charge is -2.16. The third kappa shape index (κ3) is 3.34. The van der Waals surface area contributed by atoms with Crippen molar-refractivity contribution in [3.8, 4) is 0 Å². The topological polar surface area (TPSA) is 91.4 Å². The number of hydrogen-bond acceptors (Lipinski definition) is 5. The highest BCUT2D eigenvalue weighted by Gasteiger charge is 2.39. The van der Waals surface area contributed by atoms with Crippen molar-refractivity contribution in [3.05, 3.63) is 58.8 Å². The fourth-order valence-electron chi connectivity index (χ4n) is 2.33. The monoisotopic (exact) mass is 388 g/mol. The highest BCUT2D eigenvalue weighted by molar-refractivity contribution is 9.10. The molecule has 1 atom stereocenters. The molecule has 2 heterocycles. The van der Waals surface area contributed by atoms with Crippen molar-refractivity contribution in [2.75, 3.05) is 4.90 Å². The molecule has 122 valence electrons. The predicted octanol–water partition coefficient (Wildman–Crippen LogP) is 1.41. The van der Waals surface area contributed by atoms with Crippen molar-refractivity contribution in [2.24, 2.45) is 0 Å². The Bertz CT molecular complexity index is 780. The number of halogens is 1. The van der Waals surface area contributed by atoms with Crippen LogP contribution in [0.5, 0.6) is 0 Å². The predicted molar refractivity (Wildman–Crippen MR) is 89.9 cm³/mol. The van der Waals surface area contributed by atoms with E-state index in [9.17, 15) is 14.4 Å². The Morgan fingerprint density at radius 3 is 2.46 bits per heavy atom. The summed E-state index contributed by atoms with van der Waals surface area (Å²) in [5.41, 5.74) is 5.98. The Labute approximate surface area is 146 Å². The average molecular weight is 389 g/mol. The summed E-state index contributed by atoms with van der Waals surface area (Å²) in [4.78, 5) is 41.5. The maximum atomic E-state index is 12.4. The van der Waals surface area contributed by atoms with Crippen LogP contribution in [0, 0.1) is 0 Å². The molecular weight excluding hydrogens is 376 g/mol. The number of pyridine rings is 1. The molecule has 1 aliphatic heterocycles. The summed E-state index contributed by atoms with van der Waals surface area (Å²) >= 11 is 3.31. The van der Waals surface area contributed by atoms with Gasteiger partial charge in [0.1, 0.15) is 6.04 Å². The first kappa shape index (κ1) is 16.3. The van der Waals surface area contributed by atoms with Crippen molar-refractivity contribution in [1.82, 2.24) is 15.8 Å². The molecule has 1 aromatic carbocycles. The number of hydrazine groups is 1. The van der Waals surface area contributed by atoms with Crippen LogP contribution in [0.15, 0.2) is 53.3 Å². The van der Waals surface area contributed by atoms with Crippen molar-refractivity contribution in [1.29, 1.82) is 0 Å². The van der Waals surface area contributed by atoms with Crippen LogP contribution in [0.25, 0.3) is 0 Å². The second kappa shape index (κ2) is 6.90. The van der Waals surface area contributed by atoms with Crippen LogP contribution in [-0.4, -0.2) is 28.7 Å². The minimum atomic E-state index is -0.799. The minimum absolute atomic E-state index is 0.0223. The van der Waals surface area contributed by atoms with Crippen molar-refractivity contribution in [3.63, 3.8) is 0 Å². The summed E-state index contributed by atoms with van der Waals surface area (Å²) in [7, 11) is 0. The van der Waals surface area contributed by atoms with Crippen LogP contribution < -0.4 is 15.8 Å². The SMILES string of the molecule is O=C(NN[C@H]1CC(=O)N(c2ccc(Br)cc2)C1=O)c1ccncc1. The smallest absolute Gasteiger partial charge is 0.265 e. The first-order valence-electron chi connectivity index (χ1n) is 7.14. The first-order chi connectivity index (χ1) is 11.6. The lowest BCUT2D eigenvalue weighted by molar-refractivity contribution is -0.121. The van der Waals surface area contributed by atoms with Gasteiger partial charge in [-0.15, -0.1) is 0 Å². The average Bonchev–Trinajstić information content (AvgIpc) is 2.88. The fraction of sp³-hybridized carbons (Fsp3) is 0.125. The molecule has 0 radical (unpaired) electrons. The molecular formula is C16H13BrN4O3. The number of imide groups is 1. The summed E-state index contributed by atoms with van der Waals surface area (Å²) < 4.78 is 0.852. The Balaban J connectivity index is 1.66. The number of hydrogen-bond donors (Lipinski definition) is 2.